The summed E-state index contributed by atoms with van der Waals surface area (Å²) in [5, 5.41) is 14.9. The monoisotopic (exact) mass is 422 g/mol. The van der Waals surface area contributed by atoms with Gasteiger partial charge in [-0.25, -0.2) is 4.39 Å². The molecule has 0 spiro atoms. The van der Waals surface area contributed by atoms with Crippen LogP contribution in [0.25, 0.3) is 0 Å². The lowest BCUT2D eigenvalue weighted by Crippen LogP contribution is -2.27. The highest BCUT2D eigenvalue weighted by atomic mass is 35.5. The fraction of sp³-hybridized carbons (Fsp3) is 0.167. The molecule has 0 atom stereocenters. The Morgan fingerprint density at radius 1 is 1.15 bits per heavy atom. The van der Waals surface area contributed by atoms with E-state index in [9.17, 15) is 9.18 Å². The highest BCUT2D eigenvalue weighted by Gasteiger charge is 2.09. The molecule has 2 aromatic carbocycles. The smallest absolute Gasteiger partial charge is 0.230 e. The summed E-state index contributed by atoms with van der Waals surface area (Å²) in [7, 11) is 0. The van der Waals surface area contributed by atoms with Crippen LogP contribution in [0.5, 0.6) is 0 Å². The zero-order valence-corrected chi connectivity index (χ0v) is 16.5. The van der Waals surface area contributed by atoms with Crippen LogP contribution in [-0.2, 0) is 11.2 Å². The van der Waals surface area contributed by atoms with Crippen molar-refractivity contribution < 1.29 is 9.18 Å². The number of carbonyl (C=O) groups is 1. The van der Waals surface area contributed by atoms with Gasteiger partial charge in [0.1, 0.15) is 5.82 Å². The SMILES string of the molecule is O=C(CSc1nnc(Nc2ccccc2F)s1)NCCc1ccc(Cl)cc1. The standard InChI is InChI=1S/C18H16ClFN4OS2/c19-13-7-5-12(6-8-13)9-10-21-16(25)11-26-18-24-23-17(27-18)22-15-4-2-1-3-14(15)20/h1-8H,9-11H2,(H,21,25)(H,22,23). The number of amides is 1. The Hall–Kier alpha value is -2.16. The Morgan fingerprint density at radius 2 is 1.93 bits per heavy atom. The van der Waals surface area contributed by atoms with E-state index < -0.39 is 0 Å². The fourth-order valence-electron chi connectivity index (χ4n) is 2.17. The van der Waals surface area contributed by atoms with Gasteiger partial charge in [0.15, 0.2) is 4.34 Å². The predicted octanol–water partition coefficient (Wildman–Crippen LogP) is 4.53. The third-order valence-electron chi connectivity index (χ3n) is 3.50. The highest BCUT2D eigenvalue weighted by molar-refractivity contribution is 8.01. The minimum absolute atomic E-state index is 0.0761. The highest BCUT2D eigenvalue weighted by Crippen LogP contribution is 2.28. The van der Waals surface area contributed by atoms with Crippen LogP contribution in [0.3, 0.4) is 0 Å². The summed E-state index contributed by atoms with van der Waals surface area (Å²) in [4.78, 5) is 11.9. The maximum atomic E-state index is 13.6. The molecule has 5 nitrogen and oxygen atoms in total. The lowest BCUT2D eigenvalue weighted by Gasteiger charge is -2.04. The van der Waals surface area contributed by atoms with E-state index in [0.717, 1.165) is 12.0 Å². The molecular formula is C18H16ClFN4OS2. The van der Waals surface area contributed by atoms with Crippen LogP contribution >= 0.6 is 34.7 Å². The number of carbonyl (C=O) groups excluding carboxylic acids is 1. The molecule has 1 heterocycles. The van der Waals surface area contributed by atoms with E-state index in [1.807, 2.05) is 24.3 Å². The molecule has 0 radical (unpaired) electrons. The number of hydrogen-bond acceptors (Lipinski definition) is 6. The van der Waals surface area contributed by atoms with E-state index in [0.29, 0.717) is 26.7 Å². The van der Waals surface area contributed by atoms with E-state index in [4.69, 9.17) is 11.6 Å². The van der Waals surface area contributed by atoms with Crippen LogP contribution in [0.1, 0.15) is 5.56 Å². The average molecular weight is 423 g/mol. The van der Waals surface area contributed by atoms with Gasteiger partial charge < -0.3 is 10.6 Å². The van der Waals surface area contributed by atoms with E-state index in [2.05, 4.69) is 20.8 Å². The third-order valence-corrected chi connectivity index (χ3v) is 5.72. The molecule has 0 unspecified atom stereocenters. The number of anilines is 2. The van der Waals surface area contributed by atoms with E-state index in [-0.39, 0.29) is 17.5 Å². The maximum Gasteiger partial charge on any atom is 0.230 e. The minimum atomic E-state index is -0.359. The molecule has 1 amide bonds. The second-order valence-electron chi connectivity index (χ2n) is 5.49. The van der Waals surface area contributed by atoms with Crippen molar-refractivity contribution in [1.29, 1.82) is 0 Å². The number of nitrogens with one attached hydrogen (secondary N) is 2. The van der Waals surface area contributed by atoms with Gasteiger partial charge in [0, 0.05) is 11.6 Å². The van der Waals surface area contributed by atoms with Crippen LogP contribution in [0.2, 0.25) is 5.02 Å². The first-order valence-electron chi connectivity index (χ1n) is 8.09. The molecule has 0 aliphatic carbocycles. The predicted molar refractivity (Wildman–Crippen MR) is 108 cm³/mol. The molecule has 1 aromatic heterocycles. The molecule has 9 heteroatoms. The first kappa shape index (κ1) is 19.6. The largest absolute Gasteiger partial charge is 0.355 e. The van der Waals surface area contributed by atoms with E-state index >= 15 is 0 Å². The van der Waals surface area contributed by atoms with Crippen LogP contribution in [0, 0.1) is 5.82 Å². The Bertz CT molecular complexity index is 904. The van der Waals surface area contributed by atoms with Crippen molar-refractivity contribution >= 4 is 51.4 Å². The van der Waals surface area contributed by atoms with Crippen molar-refractivity contribution in [1.82, 2.24) is 15.5 Å². The Kier molecular flexibility index (Phi) is 7.03. The van der Waals surface area contributed by atoms with Gasteiger partial charge in [-0.05, 0) is 36.2 Å². The Labute approximate surface area is 169 Å². The van der Waals surface area contributed by atoms with Crippen molar-refractivity contribution in [3.05, 3.63) is 64.9 Å². The summed E-state index contributed by atoms with van der Waals surface area (Å²) in [5.74, 6) is -0.190. The van der Waals surface area contributed by atoms with Crippen LogP contribution in [0.15, 0.2) is 52.9 Å². The van der Waals surface area contributed by atoms with E-state index in [1.54, 1.807) is 18.2 Å². The van der Waals surface area contributed by atoms with Crippen LogP contribution in [0.4, 0.5) is 15.2 Å². The van der Waals surface area contributed by atoms with Gasteiger partial charge in [0.2, 0.25) is 11.0 Å². The quantitative estimate of drug-likeness (QED) is 0.522. The van der Waals surface area contributed by atoms with Gasteiger partial charge in [0.05, 0.1) is 11.4 Å². The molecule has 0 saturated carbocycles. The average Bonchev–Trinajstić information content (AvgIpc) is 3.11. The molecule has 0 aliphatic heterocycles. The normalized spacial score (nSPS) is 10.6. The summed E-state index contributed by atoms with van der Waals surface area (Å²) >= 11 is 8.41. The first-order valence-corrected chi connectivity index (χ1v) is 10.3. The number of para-hydroxylation sites is 1. The van der Waals surface area contributed by atoms with Gasteiger partial charge in [-0.15, -0.1) is 10.2 Å². The summed E-state index contributed by atoms with van der Waals surface area (Å²) in [6, 6.07) is 13.9. The van der Waals surface area contributed by atoms with Gasteiger partial charge in [0.25, 0.3) is 0 Å². The zero-order chi connectivity index (χ0) is 19.1. The summed E-state index contributed by atoms with van der Waals surface area (Å²) < 4.78 is 14.3. The molecule has 2 N–H and O–H groups in total. The molecule has 0 fully saturated rings. The lowest BCUT2D eigenvalue weighted by atomic mass is 10.1. The van der Waals surface area contributed by atoms with Gasteiger partial charge in [-0.1, -0.05) is 59.0 Å². The van der Waals surface area contributed by atoms with E-state index in [1.165, 1.54) is 29.2 Å². The number of hydrogen-bond donors (Lipinski definition) is 2. The summed E-state index contributed by atoms with van der Waals surface area (Å²) in [6.45, 7) is 0.553. The number of aromatic nitrogens is 2. The molecule has 140 valence electrons. The zero-order valence-electron chi connectivity index (χ0n) is 14.1. The van der Waals surface area contributed by atoms with Crippen molar-refractivity contribution in [3.8, 4) is 0 Å². The van der Waals surface area contributed by atoms with Crippen molar-refractivity contribution in [2.24, 2.45) is 0 Å². The maximum absolute atomic E-state index is 13.6. The number of benzene rings is 2. The molecule has 27 heavy (non-hydrogen) atoms. The van der Waals surface area contributed by atoms with Gasteiger partial charge in [-0.3, -0.25) is 4.79 Å². The van der Waals surface area contributed by atoms with Crippen LogP contribution < -0.4 is 10.6 Å². The minimum Gasteiger partial charge on any atom is -0.355 e. The Morgan fingerprint density at radius 3 is 2.70 bits per heavy atom. The lowest BCUT2D eigenvalue weighted by molar-refractivity contribution is -0.118. The van der Waals surface area contributed by atoms with Gasteiger partial charge >= 0.3 is 0 Å². The number of halogens is 2. The van der Waals surface area contributed by atoms with Crippen molar-refractivity contribution in [3.63, 3.8) is 0 Å². The fourth-order valence-corrected chi connectivity index (χ4v) is 3.89. The van der Waals surface area contributed by atoms with Crippen molar-refractivity contribution in [2.45, 2.75) is 10.8 Å². The third kappa shape index (κ3) is 6.20. The second kappa shape index (κ2) is 9.68. The first-order chi connectivity index (χ1) is 13.1. The number of nitrogens with zero attached hydrogens (tertiary/aromatic N) is 2. The topological polar surface area (TPSA) is 66.9 Å². The summed E-state index contributed by atoms with van der Waals surface area (Å²) in [5.41, 5.74) is 1.45. The Balaban J connectivity index is 1.41. The second-order valence-corrected chi connectivity index (χ2v) is 8.13. The number of thioether (sulfide) groups is 1. The molecule has 3 aromatic rings. The van der Waals surface area contributed by atoms with Crippen molar-refractivity contribution in [2.75, 3.05) is 17.6 Å². The molecule has 0 aliphatic rings. The summed E-state index contributed by atoms with van der Waals surface area (Å²) in [6.07, 6.45) is 0.739. The number of rotatable bonds is 8. The molecule has 0 bridgehead atoms. The van der Waals surface area contributed by atoms with Gasteiger partial charge in [-0.2, -0.15) is 0 Å². The molecule has 3 rings (SSSR count). The molecule has 0 saturated heterocycles. The molecular weight excluding hydrogens is 407 g/mol. The van der Waals surface area contributed by atoms with Crippen LogP contribution in [-0.4, -0.2) is 28.4 Å².